The summed E-state index contributed by atoms with van der Waals surface area (Å²) in [5, 5.41) is 1.49. The van der Waals surface area contributed by atoms with Crippen LogP contribution in [0.25, 0.3) is 0 Å². The van der Waals surface area contributed by atoms with E-state index in [1.165, 1.54) is 16.3 Å². The summed E-state index contributed by atoms with van der Waals surface area (Å²) in [7, 11) is -1.19. The predicted molar refractivity (Wildman–Crippen MR) is 87.5 cm³/mol. The molecule has 2 aromatic carbocycles. The molecule has 0 bridgehead atoms. The largest absolute Gasteiger partial charge is 0.297 e. The van der Waals surface area contributed by atoms with Gasteiger partial charge >= 0.3 is 0 Å². The van der Waals surface area contributed by atoms with Gasteiger partial charge in [-0.2, -0.15) is 5.48 Å². The molecule has 0 radical (unpaired) electrons. The van der Waals surface area contributed by atoms with Crippen molar-refractivity contribution in [2.24, 2.45) is 0 Å². The summed E-state index contributed by atoms with van der Waals surface area (Å²) in [6.07, 6.45) is 0. The SMILES string of the molecule is C[Si](C)(C)c1ccc(CNOCc2ccccc2)cc1. The summed E-state index contributed by atoms with van der Waals surface area (Å²) in [5.41, 5.74) is 5.44. The van der Waals surface area contributed by atoms with Crippen LogP contribution in [0.1, 0.15) is 11.1 Å². The van der Waals surface area contributed by atoms with E-state index < -0.39 is 8.07 Å². The molecule has 0 heterocycles. The fourth-order valence-corrected chi connectivity index (χ4v) is 3.13. The highest BCUT2D eigenvalue weighted by Gasteiger charge is 2.15. The van der Waals surface area contributed by atoms with Crippen molar-refractivity contribution in [1.29, 1.82) is 0 Å². The fraction of sp³-hybridized carbons (Fsp3) is 0.294. The Balaban J connectivity index is 1.77. The van der Waals surface area contributed by atoms with Crippen molar-refractivity contribution in [2.45, 2.75) is 32.8 Å². The number of hydrogen-bond donors (Lipinski definition) is 1. The lowest BCUT2D eigenvalue weighted by Crippen LogP contribution is -2.37. The van der Waals surface area contributed by atoms with E-state index in [-0.39, 0.29) is 0 Å². The number of rotatable bonds is 6. The van der Waals surface area contributed by atoms with Crippen LogP contribution in [0.3, 0.4) is 0 Å². The van der Waals surface area contributed by atoms with Gasteiger partial charge in [0.15, 0.2) is 0 Å². The van der Waals surface area contributed by atoms with Crippen molar-refractivity contribution in [2.75, 3.05) is 0 Å². The third kappa shape index (κ3) is 4.60. The second-order valence-corrected chi connectivity index (χ2v) is 11.1. The molecule has 0 saturated heterocycles. The molecule has 106 valence electrons. The van der Waals surface area contributed by atoms with E-state index in [9.17, 15) is 0 Å². The Morgan fingerprint density at radius 3 is 2.10 bits per heavy atom. The van der Waals surface area contributed by atoms with Crippen molar-refractivity contribution in [3.05, 3.63) is 65.7 Å². The highest BCUT2D eigenvalue weighted by molar-refractivity contribution is 6.88. The Morgan fingerprint density at radius 1 is 0.850 bits per heavy atom. The van der Waals surface area contributed by atoms with Crippen LogP contribution < -0.4 is 10.7 Å². The van der Waals surface area contributed by atoms with Crippen LogP contribution >= 0.6 is 0 Å². The van der Waals surface area contributed by atoms with Gasteiger partial charge in [0.1, 0.15) is 0 Å². The molecule has 0 aliphatic heterocycles. The van der Waals surface area contributed by atoms with E-state index in [1.54, 1.807) is 0 Å². The van der Waals surface area contributed by atoms with Crippen molar-refractivity contribution in [3.63, 3.8) is 0 Å². The predicted octanol–water partition coefficient (Wildman–Crippen LogP) is 3.45. The van der Waals surface area contributed by atoms with Gasteiger partial charge < -0.3 is 0 Å². The molecule has 2 nitrogen and oxygen atoms in total. The van der Waals surface area contributed by atoms with Gasteiger partial charge in [0, 0.05) is 6.54 Å². The van der Waals surface area contributed by atoms with Crippen molar-refractivity contribution in [1.82, 2.24) is 5.48 Å². The molecular formula is C17H23NOSi. The first kappa shape index (κ1) is 15.0. The van der Waals surface area contributed by atoms with Crippen molar-refractivity contribution < 1.29 is 4.84 Å². The average molecular weight is 285 g/mol. The normalized spacial score (nSPS) is 11.6. The molecular weight excluding hydrogens is 262 g/mol. The summed E-state index contributed by atoms with van der Waals surface area (Å²) < 4.78 is 0. The van der Waals surface area contributed by atoms with Gasteiger partial charge in [0.05, 0.1) is 14.7 Å². The summed E-state index contributed by atoms with van der Waals surface area (Å²) >= 11 is 0. The van der Waals surface area contributed by atoms with Crippen LogP contribution in [0.15, 0.2) is 54.6 Å². The summed E-state index contributed by atoms with van der Waals surface area (Å²) in [5.74, 6) is 0. The number of hydroxylamine groups is 1. The van der Waals surface area contributed by atoms with Gasteiger partial charge in [-0.1, -0.05) is 79.4 Å². The lowest BCUT2D eigenvalue weighted by atomic mass is 10.2. The van der Waals surface area contributed by atoms with E-state index in [2.05, 4.69) is 61.5 Å². The molecule has 0 saturated carbocycles. The fourth-order valence-electron chi connectivity index (χ4n) is 1.97. The minimum atomic E-state index is -1.19. The molecule has 0 atom stereocenters. The molecule has 0 aromatic heterocycles. The Hall–Kier alpha value is -1.42. The molecule has 0 aliphatic carbocycles. The van der Waals surface area contributed by atoms with Gasteiger partial charge in [-0.3, -0.25) is 4.84 Å². The Kier molecular flexibility index (Phi) is 5.12. The Bertz CT molecular complexity index is 517. The zero-order valence-corrected chi connectivity index (χ0v) is 13.5. The third-order valence-electron chi connectivity index (χ3n) is 3.28. The molecule has 3 heteroatoms. The van der Waals surface area contributed by atoms with Gasteiger partial charge in [-0.05, 0) is 11.1 Å². The topological polar surface area (TPSA) is 21.3 Å². The minimum absolute atomic E-state index is 0.591. The van der Waals surface area contributed by atoms with E-state index in [4.69, 9.17) is 4.84 Å². The highest BCUT2D eigenvalue weighted by Crippen LogP contribution is 2.05. The quantitative estimate of drug-likeness (QED) is 0.498. The second-order valence-electron chi connectivity index (χ2n) is 6.04. The van der Waals surface area contributed by atoms with Crippen LogP contribution in [-0.2, 0) is 18.0 Å². The lowest BCUT2D eigenvalue weighted by molar-refractivity contribution is 0.0235. The maximum atomic E-state index is 5.48. The summed E-state index contributed by atoms with van der Waals surface area (Å²) in [6, 6.07) is 19.0. The number of nitrogens with one attached hydrogen (secondary N) is 1. The molecule has 2 aromatic rings. The first-order valence-electron chi connectivity index (χ1n) is 7.04. The molecule has 0 amide bonds. The van der Waals surface area contributed by atoms with E-state index in [0.717, 1.165) is 6.54 Å². The van der Waals surface area contributed by atoms with Crippen LogP contribution in [-0.4, -0.2) is 8.07 Å². The van der Waals surface area contributed by atoms with Crippen LogP contribution in [0.2, 0.25) is 19.6 Å². The molecule has 0 spiro atoms. The molecule has 1 N–H and O–H groups in total. The standard InChI is InChI=1S/C17H23NOSi/c1-20(2,3)17-11-9-15(10-12-17)13-18-19-14-16-7-5-4-6-8-16/h4-12,18H,13-14H2,1-3H3. The maximum Gasteiger partial charge on any atom is 0.0933 e. The monoisotopic (exact) mass is 285 g/mol. The lowest BCUT2D eigenvalue weighted by Gasteiger charge is -2.16. The van der Waals surface area contributed by atoms with Crippen molar-refractivity contribution >= 4 is 13.3 Å². The van der Waals surface area contributed by atoms with Gasteiger partial charge in [-0.15, -0.1) is 0 Å². The summed E-state index contributed by atoms with van der Waals surface area (Å²) in [6.45, 7) is 8.42. The smallest absolute Gasteiger partial charge is 0.0933 e. The van der Waals surface area contributed by atoms with E-state index >= 15 is 0 Å². The zero-order chi connectivity index (χ0) is 14.4. The number of benzene rings is 2. The summed E-state index contributed by atoms with van der Waals surface area (Å²) in [4.78, 5) is 5.48. The second kappa shape index (κ2) is 6.84. The maximum absolute atomic E-state index is 5.48. The minimum Gasteiger partial charge on any atom is -0.297 e. The highest BCUT2D eigenvalue weighted by atomic mass is 28.3. The molecule has 20 heavy (non-hydrogen) atoms. The Labute approximate surface area is 122 Å². The van der Waals surface area contributed by atoms with Gasteiger partial charge in [0.2, 0.25) is 0 Å². The average Bonchev–Trinajstić information content (AvgIpc) is 2.44. The first-order valence-corrected chi connectivity index (χ1v) is 10.5. The van der Waals surface area contributed by atoms with Gasteiger partial charge in [0.25, 0.3) is 0 Å². The molecule has 0 fully saturated rings. The Morgan fingerprint density at radius 2 is 1.50 bits per heavy atom. The van der Waals surface area contributed by atoms with E-state index in [0.29, 0.717) is 6.61 Å². The molecule has 0 aliphatic rings. The molecule has 2 rings (SSSR count). The third-order valence-corrected chi connectivity index (χ3v) is 5.35. The first-order chi connectivity index (χ1) is 9.55. The zero-order valence-electron chi connectivity index (χ0n) is 12.5. The number of hydrogen-bond acceptors (Lipinski definition) is 2. The van der Waals surface area contributed by atoms with Crippen LogP contribution in [0.4, 0.5) is 0 Å². The van der Waals surface area contributed by atoms with E-state index in [1.807, 2.05) is 18.2 Å². The molecule has 0 unspecified atom stereocenters. The van der Waals surface area contributed by atoms with Gasteiger partial charge in [-0.25, -0.2) is 0 Å². The van der Waals surface area contributed by atoms with Crippen molar-refractivity contribution in [3.8, 4) is 0 Å². The van der Waals surface area contributed by atoms with Crippen LogP contribution in [0, 0.1) is 0 Å². The van der Waals surface area contributed by atoms with Crippen LogP contribution in [0.5, 0.6) is 0 Å².